The molecule has 14 heavy (non-hydrogen) atoms. The summed E-state index contributed by atoms with van der Waals surface area (Å²) >= 11 is 0. The Bertz CT molecular complexity index is 307. The van der Waals surface area contributed by atoms with E-state index in [9.17, 15) is 9.90 Å². The molecule has 1 aromatic rings. The highest BCUT2D eigenvalue weighted by Gasteiger charge is 2.32. The fourth-order valence-electron chi connectivity index (χ4n) is 1.26. The summed E-state index contributed by atoms with van der Waals surface area (Å²) in [4.78, 5) is 19.3. The van der Waals surface area contributed by atoms with Gasteiger partial charge in [0.15, 0.2) is 5.78 Å². The van der Waals surface area contributed by atoms with Crippen molar-refractivity contribution in [3.63, 3.8) is 0 Å². The number of carbonyl (C=O) groups excluding carboxylic acids is 1. The second-order valence-corrected chi connectivity index (χ2v) is 3.19. The smallest absolute Gasteiger partial charge is 0.197 e. The molecular weight excluding hydrogens is 180 g/mol. The lowest BCUT2D eigenvalue weighted by Crippen LogP contribution is -2.37. The van der Waals surface area contributed by atoms with E-state index in [1.165, 1.54) is 18.7 Å². The summed E-state index contributed by atoms with van der Waals surface area (Å²) in [6.45, 7) is 3.57. The lowest BCUT2D eigenvalue weighted by atomic mass is 9.89. The van der Waals surface area contributed by atoms with Gasteiger partial charge in [-0.2, -0.15) is 0 Å². The first-order chi connectivity index (χ1) is 6.64. The molecule has 0 bridgehead atoms. The van der Waals surface area contributed by atoms with E-state index in [1.807, 2.05) is 0 Å². The van der Waals surface area contributed by atoms with Crippen molar-refractivity contribution in [2.75, 3.05) is 0 Å². The highest BCUT2D eigenvalue weighted by atomic mass is 16.3. The number of carbonyl (C=O) groups is 1. The van der Waals surface area contributed by atoms with Crippen LogP contribution in [0.25, 0.3) is 0 Å². The van der Waals surface area contributed by atoms with Gasteiger partial charge in [0.1, 0.15) is 11.9 Å². The number of hydrogen-bond acceptors (Lipinski definition) is 4. The molecule has 0 spiro atoms. The average Bonchev–Trinajstić information content (AvgIpc) is 2.28. The van der Waals surface area contributed by atoms with Gasteiger partial charge in [0.25, 0.3) is 0 Å². The van der Waals surface area contributed by atoms with E-state index < -0.39 is 5.60 Å². The summed E-state index contributed by atoms with van der Waals surface area (Å²) in [6.07, 6.45) is 5.00. The minimum atomic E-state index is -1.27. The fraction of sp³-hybridized carbons (Fsp3) is 0.500. The Balaban J connectivity index is 2.95. The van der Waals surface area contributed by atoms with Crippen molar-refractivity contribution in [1.29, 1.82) is 0 Å². The van der Waals surface area contributed by atoms with Crippen LogP contribution in [-0.2, 0) is 0 Å². The summed E-state index contributed by atoms with van der Waals surface area (Å²) in [6, 6.07) is 0. The number of aromatic nitrogens is 2. The molecule has 4 heteroatoms. The summed E-state index contributed by atoms with van der Waals surface area (Å²) < 4.78 is 0. The maximum Gasteiger partial charge on any atom is 0.197 e. The number of ketones is 1. The van der Waals surface area contributed by atoms with Gasteiger partial charge in [-0.05, 0) is 12.8 Å². The van der Waals surface area contributed by atoms with Gasteiger partial charge in [-0.25, -0.2) is 9.97 Å². The first kappa shape index (κ1) is 10.8. The molecule has 0 saturated carbocycles. The molecule has 0 aliphatic rings. The largest absolute Gasteiger partial charge is 0.382 e. The van der Waals surface area contributed by atoms with Gasteiger partial charge < -0.3 is 5.11 Å². The first-order valence-corrected chi connectivity index (χ1v) is 4.66. The molecular formula is C10H14N2O2. The minimum absolute atomic E-state index is 0.303. The molecule has 0 amide bonds. The number of aliphatic hydroxyl groups is 1. The van der Waals surface area contributed by atoms with Gasteiger partial charge in [0.2, 0.25) is 0 Å². The molecule has 0 atom stereocenters. The molecule has 76 valence electrons. The van der Waals surface area contributed by atoms with Gasteiger partial charge >= 0.3 is 0 Å². The summed E-state index contributed by atoms with van der Waals surface area (Å²) in [7, 11) is 0. The third-order valence-electron chi connectivity index (χ3n) is 2.42. The van der Waals surface area contributed by atoms with Crippen LogP contribution in [0.15, 0.2) is 18.7 Å². The molecule has 0 aliphatic heterocycles. The highest BCUT2D eigenvalue weighted by Crippen LogP contribution is 2.19. The zero-order valence-corrected chi connectivity index (χ0v) is 8.40. The van der Waals surface area contributed by atoms with Crippen molar-refractivity contribution in [3.05, 3.63) is 24.3 Å². The topological polar surface area (TPSA) is 63.1 Å². The van der Waals surface area contributed by atoms with E-state index >= 15 is 0 Å². The maximum absolute atomic E-state index is 11.8. The Labute approximate surface area is 83.0 Å². The van der Waals surface area contributed by atoms with Crippen LogP contribution in [-0.4, -0.2) is 26.5 Å². The van der Waals surface area contributed by atoms with Crippen molar-refractivity contribution in [3.8, 4) is 0 Å². The zero-order valence-electron chi connectivity index (χ0n) is 8.40. The first-order valence-electron chi connectivity index (χ1n) is 4.66. The SMILES string of the molecule is CCC(O)(CC)C(=O)c1cncnc1. The van der Waals surface area contributed by atoms with Crippen LogP contribution in [0.1, 0.15) is 37.0 Å². The van der Waals surface area contributed by atoms with Crippen LogP contribution in [0.2, 0.25) is 0 Å². The van der Waals surface area contributed by atoms with Gasteiger partial charge in [0, 0.05) is 12.4 Å². The van der Waals surface area contributed by atoms with Crippen molar-refractivity contribution >= 4 is 5.78 Å². The predicted molar refractivity (Wildman–Crippen MR) is 51.9 cm³/mol. The normalized spacial score (nSPS) is 11.4. The number of hydrogen-bond donors (Lipinski definition) is 1. The lowest BCUT2D eigenvalue weighted by molar-refractivity contribution is 0.0277. The minimum Gasteiger partial charge on any atom is -0.382 e. The fourth-order valence-corrected chi connectivity index (χ4v) is 1.26. The molecule has 1 rings (SSSR count). The number of rotatable bonds is 4. The van der Waals surface area contributed by atoms with E-state index in [-0.39, 0.29) is 5.78 Å². The van der Waals surface area contributed by atoms with E-state index in [0.29, 0.717) is 18.4 Å². The van der Waals surface area contributed by atoms with Crippen LogP contribution in [0.5, 0.6) is 0 Å². The number of nitrogens with zero attached hydrogens (tertiary/aromatic N) is 2. The molecule has 1 N–H and O–H groups in total. The maximum atomic E-state index is 11.8. The van der Waals surface area contributed by atoms with Crippen molar-refractivity contribution < 1.29 is 9.90 Å². The van der Waals surface area contributed by atoms with Crippen molar-refractivity contribution in [1.82, 2.24) is 9.97 Å². The van der Waals surface area contributed by atoms with Crippen LogP contribution in [0.4, 0.5) is 0 Å². The molecule has 0 saturated heterocycles. The van der Waals surface area contributed by atoms with Gasteiger partial charge in [-0.3, -0.25) is 4.79 Å². The molecule has 4 nitrogen and oxygen atoms in total. The molecule has 1 heterocycles. The van der Waals surface area contributed by atoms with Crippen LogP contribution < -0.4 is 0 Å². The molecule has 1 aromatic heterocycles. The Morgan fingerprint density at radius 3 is 2.29 bits per heavy atom. The Morgan fingerprint density at radius 2 is 1.86 bits per heavy atom. The molecule has 0 aromatic carbocycles. The highest BCUT2D eigenvalue weighted by molar-refractivity contribution is 6.01. The van der Waals surface area contributed by atoms with Crippen molar-refractivity contribution in [2.24, 2.45) is 0 Å². The summed E-state index contributed by atoms with van der Waals surface area (Å²) in [5.41, 5.74) is -0.913. The summed E-state index contributed by atoms with van der Waals surface area (Å²) in [5.74, 6) is -0.303. The van der Waals surface area contributed by atoms with E-state index in [2.05, 4.69) is 9.97 Å². The lowest BCUT2D eigenvalue weighted by Gasteiger charge is -2.22. The van der Waals surface area contributed by atoms with Gasteiger partial charge in [-0.15, -0.1) is 0 Å². The summed E-state index contributed by atoms with van der Waals surface area (Å²) in [5, 5.41) is 9.95. The molecule has 0 radical (unpaired) electrons. The van der Waals surface area contributed by atoms with Gasteiger partial charge in [-0.1, -0.05) is 13.8 Å². The predicted octanol–water partition coefficient (Wildman–Crippen LogP) is 1.21. The Hall–Kier alpha value is -1.29. The Kier molecular flexibility index (Phi) is 3.30. The standard InChI is InChI=1S/C10H14N2O2/c1-3-10(14,4-2)9(13)8-5-11-7-12-6-8/h5-7,14H,3-4H2,1-2H3. The third kappa shape index (κ3) is 1.96. The second-order valence-electron chi connectivity index (χ2n) is 3.19. The molecule has 0 fully saturated rings. The van der Waals surface area contributed by atoms with E-state index in [0.717, 1.165) is 0 Å². The van der Waals surface area contributed by atoms with Crippen molar-refractivity contribution in [2.45, 2.75) is 32.3 Å². The van der Waals surface area contributed by atoms with Gasteiger partial charge in [0.05, 0.1) is 5.56 Å². The zero-order chi connectivity index (χ0) is 10.6. The van der Waals surface area contributed by atoms with E-state index in [1.54, 1.807) is 13.8 Å². The Morgan fingerprint density at radius 1 is 1.36 bits per heavy atom. The second kappa shape index (κ2) is 4.28. The average molecular weight is 194 g/mol. The quantitative estimate of drug-likeness (QED) is 0.732. The van der Waals surface area contributed by atoms with Crippen LogP contribution in [0.3, 0.4) is 0 Å². The molecule has 0 aliphatic carbocycles. The monoisotopic (exact) mass is 194 g/mol. The van der Waals surface area contributed by atoms with Crippen LogP contribution in [0, 0.1) is 0 Å². The number of Topliss-reactive ketones (excluding diaryl/α,β-unsaturated/α-hetero) is 1. The van der Waals surface area contributed by atoms with E-state index in [4.69, 9.17) is 0 Å². The molecule has 0 unspecified atom stereocenters. The third-order valence-corrected chi connectivity index (χ3v) is 2.42. The van der Waals surface area contributed by atoms with Crippen LogP contribution >= 0.6 is 0 Å².